The molecule has 2 N–H and O–H groups in total. The van der Waals surface area contributed by atoms with Gasteiger partial charge in [0.05, 0.1) is 24.7 Å². The maximum absolute atomic E-state index is 12.7. The highest BCUT2D eigenvalue weighted by atomic mass is 35.5. The number of methoxy groups -OCH3 is 1. The molecule has 4 rings (SSSR count). The molecule has 0 aliphatic carbocycles. The van der Waals surface area contributed by atoms with Crippen LogP contribution in [0.1, 0.15) is 13.8 Å². The predicted molar refractivity (Wildman–Crippen MR) is 151 cm³/mol. The van der Waals surface area contributed by atoms with E-state index in [0.29, 0.717) is 34.3 Å². The second-order valence-electron chi connectivity index (χ2n) is 9.51. The molecule has 1 saturated heterocycles. The van der Waals surface area contributed by atoms with E-state index < -0.39 is 7.14 Å². The Morgan fingerprint density at radius 1 is 1.03 bits per heavy atom. The Morgan fingerprint density at radius 2 is 1.75 bits per heavy atom. The van der Waals surface area contributed by atoms with Crippen molar-refractivity contribution >= 4 is 52.9 Å². The van der Waals surface area contributed by atoms with Gasteiger partial charge in [0.2, 0.25) is 5.95 Å². The van der Waals surface area contributed by atoms with E-state index in [1.54, 1.807) is 20.4 Å². The SMILES string of the molecule is COc1cc(N2CCN(C(C)C)CC2)ccc1Nc1ncc(Cl)c(Nc2ccccc2P(C)(C)=O)n1. The normalized spacial score (nSPS) is 14.7. The lowest BCUT2D eigenvalue weighted by atomic mass is 10.2. The summed E-state index contributed by atoms with van der Waals surface area (Å²) in [5.41, 5.74) is 2.58. The second-order valence-corrected chi connectivity index (χ2v) is 13.1. The molecule has 36 heavy (non-hydrogen) atoms. The number of nitrogens with zero attached hydrogens (tertiary/aromatic N) is 4. The minimum Gasteiger partial charge on any atom is -0.494 e. The molecule has 1 aliphatic heterocycles. The smallest absolute Gasteiger partial charge is 0.229 e. The fourth-order valence-electron chi connectivity index (χ4n) is 4.29. The lowest BCUT2D eigenvalue weighted by Gasteiger charge is -2.38. The van der Waals surface area contributed by atoms with Crippen LogP contribution in [0.4, 0.5) is 28.8 Å². The highest BCUT2D eigenvalue weighted by molar-refractivity contribution is 7.70. The molecule has 1 aliphatic rings. The average molecular weight is 529 g/mol. The molecular weight excluding hydrogens is 495 g/mol. The third-order valence-corrected chi connectivity index (χ3v) is 8.15. The van der Waals surface area contributed by atoms with Gasteiger partial charge in [0, 0.05) is 49.3 Å². The summed E-state index contributed by atoms with van der Waals surface area (Å²) in [5, 5.41) is 7.57. The molecule has 3 aromatic rings. The van der Waals surface area contributed by atoms with E-state index in [0.717, 1.165) is 42.9 Å². The standard InChI is InChI=1S/C26H34ClN6O2P/c1-18(2)32-12-14-33(15-13-32)19-10-11-21(23(16-19)35-3)30-26-28-17-20(27)25(31-26)29-22-8-6-7-9-24(22)36(4,5)34/h6-11,16-18H,12-15H2,1-5H3,(H2,28,29,30,31). The van der Waals surface area contributed by atoms with Crippen molar-refractivity contribution in [3.05, 3.63) is 53.7 Å². The maximum atomic E-state index is 12.7. The first-order valence-electron chi connectivity index (χ1n) is 12.0. The fourth-order valence-corrected chi connectivity index (χ4v) is 5.58. The lowest BCUT2D eigenvalue weighted by Crippen LogP contribution is -2.48. The van der Waals surface area contributed by atoms with Gasteiger partial charge in [0.15, 0.2) is 5.82 Å². The number of piperazine rings is 1. The number of anilines is 5. The Kier molecular flexibility index (Phi) is 8.08. The van der Waals surface area contributed by atoms with Crippen LogP contribution in [-0.4, -0.2) is 67.5 Å². The van der Waals surface area contributed by atoms with Gasteiger partial charge < -0.3 is 24.8 Å². The number of rotatable bonds is 8. The first kappa shape index (κ1) is 26.3. The van der Waals surface area contributed by atoms with Crippen LogP contribution in [-0.2, 0) is 4.57 Å². The molecule has 0 atom stereocenters. The Bertz CT molecular complexity index is 1260. The largest absolute Gasteiger partial charge is 0.494 e. The molecule has 0 amide bonds. The number of aromatic nitrogens is 2. The zero-order valence-electron chi connectivity index (χ0n) is 21.5. The monoisotopic (exact) mass is 528 g/mol. The van der Waals surface area contributed by atoms with Gasteiger partial charge in [-0.25, -0.2) is 4.98 Å². The third-order valence-electron chi connectivity index (χ3n) is 6.32. The summed E-state index contributed by atoms with van der Waals surface area (Å²) in [5.74, 6) is 1.50. The molecule has 8 nitrogen and oxygen atoms in total. The first-order valence-corrected chi connectivity index (χ1v) is 15.0. The molecule has 192 valence electrons. The quantitative estimate of drug-likeness (QED) is 0.376. The molecule has 2 heterocycles. The van der Waals surface area contributed by atoms with Crippen LogP contribution in [0.2, 0.25) is 5.02 Å². The molecule has 1 fully saturated rings. The molecule has 0 bridgehead atoms. The highest BCUT2D eigenvalue weighted by Crippen LogP contribution is 2.39. The van der Waals surface area contributed by atoms with Crippen LogP contribution in [0.25, 0.3) is 0 Å². The van der Waals surface area contributed by atoms with Gasteiger partial charge in [-0.15, -0.1) is 0 Å². The zero-order valence-corrected chi connectivity index (χ0v) is 23.1. The first-order chi connectivity index (χ1) is 17.2. The van der Waals surface area contributed by atoms with Crippen molar-refractivity contribution in [3.63, 3.8) is 0 Å². The molecule has 0 unspecified atom stereocenters. The lowest BCUT2D eigenvalue weighted by molar-refractivity contribution is 0.209. The Hall–Kier alpha value is -2.80. The van der Waals surface area contributed by atoms with Crippen molar-refractivity contribution in [1.29, 1.82) is 0 Å². The van der Waals surface area contributed by atoms with Gasteiger partial charge in [0.25, 0.3) is 0 Å². The van der Waals surface area contributed by atoms with Crippen molar-refractivity contribution in [2.45, 2.75) is 19.9 Å². The number of benzene rings is 2. The van der Waals surface area contributed by atoms with Crippen LogP contribution >= 0.6 is 18.7 Å². The summed E-state index contributed by atoms with van der Waals surface area (Å²) < 4.78 is 18.4. The van der Waals surface area contributed by atoms with Crippen LogP contribution in [0.5, 0.6) is 5.75 Å². The van der Waals surface area contributed by atoms with Crippen molar-refractivity contribution < 1.29 is 9.30 Å². The zero-order chi connectivity index (χ0) is 25.9. The Morgan fingerprint density at radius 3 is 2.42 bits per heavy atom. The molecule has 2 aromatic carbocycles. The summed E-state index contributed by atoms with van der Waals surface area (Å²) in [6, 6.07) is 14.1. The van der Waals surface area contributed by atoms with E-state index in [-0.39, 0.29) is 0 Å². The molecule has 1 aromatic heterocycles. The van der Waals surface area contributed by atoms with Crippen molar-refractivity contribution in [2.24, 2.45) is 0 Å². The summed E-state index contributed by atoms with van der Waals surface area (Å²) in [4.78, 5) is 13.8. The van der Waals surface area contributed by atoms with Crippen LogP contribution in [0.15, 0.2) is 48.7 Å². The van der Waals surface area contributed by atoms with E-state index in [1.807, 2.05) is 36.4 Å². The highest BCUT2D eigenvalue weighted by Gasteiger charge is 2.21. The number of para-hydroxylation sites is 1. The average Bonchev–Trinajstić information content (AvgIpc) is 2.86. The third kappa shape index (κ3) is 6.12. The van der Waals surface area contributed by atoms with Crippen molar-refractivity contribution in [2.75, 3.05) is 62.2 Å². The van der Waals surface area contributed by atoms with Crippen LogP contribution in [0.3, 0.4) is 0 Å². The number of ether oxygens (including phenoxy) is 1. The van der Waals surface area contributed by atoms with Gasteiger partial charge in [-0.2, -0.15) is 4.98 Å². The van der Waals surface area contributed by atoms with E-state index in [9.17, 15) is 4.57 Å². The summed E-state index contributed by atoms with van der Waals surface area (Å²) >= 11 is 6.39. The molecule has 10 heteroatoms. The van der Waals surface area contributed by atoms with Crippen LogP contribution in [0, 0.1) is 0 Å². The van der Waals surface area contributed by atoms with E-state index in [2.05, 4.69) is 50.3 Å². The van der Waals surface area contributed by atoms with E-state index >= 15 is 0 Å². The Labute approximate surface area is 218 Å². The van der Waals surface area contributed by atoms with Gasteiger partial charge in [0.1, 0.15) is 17.9 Å². The Balaban J connectivity index is 1.53. The van der Waals surface area contributed by atoms with Crippen LogP contribution < -0.4 is 25.6 Å². The number of hydrogen-bond acceptors (Lipinski definition) is 8. The van der Waals surface area contributed by atoms with Gasteiger partial charge >= 0.3 is 0 Å². The minimum absolute atomic E-state index is 0.361. The van der Waals surface area contributed by atoms with E-state index in [1.165, 1.54) is 6.20 Å². The summed E-state index contributed by atoms with van der Waals surface area (Å²) in [6.45, 7) is 12.0. The number of halogens is 1. The molecular formula is C26H34ClN6O2P. The fraction of sp³-hybridized carbons (Fsp3) is 0.385. The summed E-state index contributed by atoms with van der Waals surface area (Å²) in [6.07, 6.45) is 1.54. The van der Waals surface area contributed by atoms with Gasteiger partial charge in [-0.1, -0.05) is 23.7 Å². The minimum atomic E-state index is -2.50. The maximum Gasteiger partial charge on any atom is 0.229 e. The summed E-state index contributed by atoms with van der Waals surface area (Å²) in [7, 11) is -0.844. The topological polar surface area (TPSA) is 82.6 Å². The van der Waals surface area contributed by atoms with Crippen molar-refractivity contribution in [3.8, 4) is 5.75 Å². The number of nitrogens with one attached hydrogen (secondary N) is 2. The molecule has 0 saturated carbocycles. The van der Waals surface area contributed by atoms with Gasteiger partial charge in [-0.3, -0.25) is 4.90 Å². The molecule has 0 spiro atoms. The second kappa shape index (κ2) is 11.1. The van der Waals surface area contributed by atoms with E-state index in [4.69, 9.17) is 16.3 Å². The van der Waals surface area contributed by atoms with Gasteiger partial charge in [-0.05, 0) is 51.4 Å². The number of hydrogen-bond donors (Lipinski definition) is 2. The van der Waals surface area contributed by atoms with Crippen molar-refractivity contribution in [1.82, 2.24) is 14.9 Å². The predicted octanol–water partition coefficient (Wildman–Crippen LogP) is 5.40. The molecule has 0 radical (unpaired) electrons.